The maximum Gasteiger partial charge on any atom is 0.243 e. The lowest BCUT2D eigenvalue weighted by Crippen LogP contribution is -2.61. The van der Waals surface area contributed by atoms with Crippen LogP contribution in [0.2, 0.25) is 0 Å². The smallest absolute Gasteiger partial charge is 0.243 e. The highest BCUT2D eigenvalue weighted by Crippen LogP contribution is 2.22. The standard InChI is InChI=1S/C42H58N8O7/c1-23(2)20-32-40(55)46-27(7)37(52)47-33(21-29-22-44-31-17-12-11-16-30(29)31)39(54)43-19-13-18-34(51)45-26(6)38(53)49-35(24(3)4)41(56)50-36(42(57)48-32)25(5)28-14-9-8-10-15-28/h8-12,14-17,22-27,32-33,35-36,44H,13,18-21H2,1-7H3,(H,43,54)(H,45,51)(H,46,55)(H,47,52)(H,48,57)(H,49,53)(H,50,56)/t25-,26+,27+,32+,33-,35+,36+/m1/s1. The van der Waals surface area contributed by atoms with Crippen LogP contribution in [0.3, 0.4) is 0 Å². The first-order valence-electron chi connectivity index (χ1n) is 19.7. The topological polar surface area (TPSA) is 219 Å². The number of para-hydroxylation sites is 1. The zero-order chi connectivity index (χ0) is 41.8. The molecule has 0 saturated carbocycles. The summed E-state index contributed by atoms with van der Waals surface area (Å²) in [7, 11) is 0. The number of aromatic amines is 1. The number of hydrogen-bond acceptors (Lipinski definition) is 7. The molecule has 7 amide bonds. The molecule has 0 spiro atoms. The van der Waals surface area contributed by atoms with Crippen LogP contribution < -0.4 is 37.2 Å². The van der Waals surface area contributed by atoms with Crippen molar-refractivity contribution in [1.29, 1.82) is 0 Å². The van der Waals surface area contributed by atoms with Crippen molar-refractivity contribution in [3.8, 4) is 0 Å². The van der Waals surface area contributed by atoms with Gasteiger partial charge in [0.2, 0.25) is 41.4 Å². The Bertz CT molecular complexity index is 1890. The molecule has 2 heterocycles. The Kier molecular flexibility index (Phi) is 15.8. The number of rotatable bonds is 7. The van der Waals surface area contributed by atoms with E-state index in [-0.39, 0.29) is 38.1 Å². The van der Waals surface area contributed by atoms with Gasteiger partial charge in [0.25, 0.3) is 0 Å². The van der Waals surface area contributed by atoms with E-state index in [4.69, 9.17) is 0 Å². The van der Waals surface area contributed by atoms with E-state index >= 15 is 0 Å². The maximum absolute atomic E-state index is 14.2. The largest absolute Gasteiger partial charge is 0.361 e. The van der Waals surface area contributed by atoms with Gasteiger partial charge in [0.15, 0.2) is 0 Å². The molecule has 1 aromatic heterocycles. The predicted octanol–water partition coefficient (Wildman–Crippen LogP) is 2.07. The van der Waals surface area contributed by atoms with E-state index in [2.05, 4.69) is 42.2 Å². The zero-order valence-corrected chi connectivity index (χ0v) is 33.9. The summed E-state index contributed by atoms with van der Waals surface area (Å²) in [5.74, 6) is -5.05. The first-order chi connectivity index (χ1) is 27.0. The summed E-state index contributed by atoms with van der Waals surface area (Å²) in [6, 6.07) is 10.2. The molecule has 1 saturated heterocycles. The molecular formula is C42H58N8O7. The molecule has 3 aromatic rings. The van der Waals surface area contributed by atoms with Gasteiger partial charge in [-0.15, -0.1) is 0 Å². The Morgan fingerprint density at radius 3 is 1.89 bits per heavy atom. The number of fused-ring (bicyclic) bond motifs is 1. The molecule has 15 nitrogen and oxygen atoms in total. The van der Waals surface area contributed by atoms with E-state index in [9.17, 15) is 33.6 Å². The molecule has 4 rings (SSSR count). The fraction of sp³-hybridized carbons (Fsp3) is 0.500. The number of H-pyrrole nitrogens is 1. The molecule has 15 heteroatoms. The molecule has 7 atom stereocenters. The molecule has 0 aliphatic carbocycles. The van der Waals surface area contributed by atoms with Crippen molar-refractivity contribution in [2.24, 2.45) is 11.8 Å². The van der Waals surface area contributed by atoms with Gasteiger partial charge in [0.05, 0.1) is 0 Å². The molecular weight excluding hydrogens is 729 g/mol. The molecule has 1 fully saturated rings. The quantitative estimate of drug-likeness (QED) is 0.178. The van der Waals surface area contributed by atoms with E-state index in [1.54, 1.807) is 27.0 Å². The van der Waals surface area contributed by atoms with Crippen LogP contribution in [0, 0.1) is 11.8 Å². The van der Waals surface area contributed by atoms with Gasteiger partial charge < -0.3 is 42.2 Å². The van der Waals surface area contributed by atoms with Crippen LogP contribution in [-0.4, -0.2) is 89.1 Å². The number of carbonyl (C=O) groups is 7. The molecule has 2 aromatic carbocycles. The lowest BCUT2D eigenvalue weighted by molar-refractivity contribution is -0.136. The third-order valence-electron chi connectivity index (χ3n) is 10.1. The number of benzene rings is 2. The van der Waals surface area contributed by atoms with Crippen LogP contribution in [0.15, 0.2) is 60.8 Å². The van der Waals surface area contributed by atoms with E-state index < -0.39 is 89.4 Å². The second-order valence-corrected chi connectivity index (χ2v) is 15.6. The zero-order valence-electron chi connectivity index (χ0n) is 33.9. The normalized spacial score (nSPS) is 24.8. The van der Waals surface area contributed by atoms with Crippen LogP contribution in [0.25, 0.3) is 10.9 Å². The predicted molar refractivity (Wildman–Crippen MR) is 216 cm³/mol. The van der Waals surface area contributed by atoms with Crippen molar-refractivity contribution in [2.75, 3.05) is 6.54 Å². The highest BCUT2D eigenvalue weighted by atomic mass is 16.2. The van der Waals surface area contributed by atoms with E-state index in [1.165, 1.54) is 13.8 Å². The van der Waals surface area contributed by atoms with Crippen LogP contribution in [0.1, 0.15) is 84.8 Å². The van der Waals surface area contributed by atoms with E-state index in [0.29, 0.717) is 0 Å². The number of amides is 7. The van der Waals surface area contributed by atoms with Gasteiger partial charge in [0, 0.05) is 42.4 Å². The summed E-state index contributed by atoms with van der Waals surface area (Å²) >= 11 is 0. The van der Waals surface area contributed by atoms with Crippen molar-refractivity contribution >= 4 is 52.3 Å². The SMILES string of the molecule is CC(C)C[C@@H]1NC(=O)[C@H]([C@H](C)c2ccccc2)NC(=O)[C@H](C(C)C)NC(=O)[C@H](C)NC(=O)CCCNC(=O)[C@@H](Cc2c[nH]c3ccccc23)NC(=O)[C@H](C)NC1=O. The van der Waals surface area contributed by atoms with Crippen molar-refractivity contribution in [3.05, 3.63) is 71.9 Å². The average molecular weight is 787 g/mol. The summed E-state index contributed by atoms with van der Waals surface area (Å²) < 4.78 is 0. The van der Waals surface area contributed by atoms with Crippen molar-refractivity contribution in [2.45, 2.75) is 116 Å². The highest BCUT2D eigenvalue weighted by Gasteiger charge is 2.36. The van der Waals surface area contributed by atoms with Gasteiger partial charge in [-0.05, 0) is 55.7 Å². The molecule has 0 bridgehead atoms. The lowest BCUT2D eigenvalue weighted by atomic mass is 9.91. The summed E-state index contributed by atoms with van der Waals surface area (Å²) in [4.78, 5) is 98.6. The second-order valence-electron chi connectivity index (χ2n) is 15.6. The summed E-state index contributed by atoms with van der Waals surface area (Å²) in [5.41, 5.74) is 2.40. The molecule has 1 aliphatic heterocycles. The Labute approximate surface area is 334 Å². The first kappa shape index (κ1) is 44.0. The minimum atomic E-state index is -1.18. The first-order valence-corrected chi connectivity index (χ1v) is 19.7. The van der Waals surface area contributed by atoms with Gasteiger partial charge in [-0.25, -0.2) is 0 Å². The number of nitrogens with one attached hydrogen (secondary N) is 8. The van der Waals surface area contributed by atoms with Gasteiger partial charge in [-0.2, -0.15) is 0 Å². The lowest BCUT2D eigenvalue weighted by Gasteiger charge is -2.31. The fourth-order valence-corrected chi connectivity index (χ4v) is 6.76. The van der Waals surface area contributed by atoms with Crippen molar-refractivity contribution in [1.82, 2.24) is 42.2 Å². The Balaban J connectivity index is 1.66. The van der Waals surface area contributed by atoms with Gasteiger partial charge in [-0.1, -0.05) is 83.1 Å². The monoisotopic (exact) mass is 786 g/mol. The van der Waals surface area contributed by atoms with Gasteiger partial charge in [-0.3, -0.25) is 33.6 Å². The molecule has 57 heavy (non-hydrogen) atoms. The van der Waals surface area contributed by atoms with Crippen LogP contribution >= 0.6 is 0 Å². The molecule has 1 aliphatic rings. The average Bonchev–Trinajstić information content (AvgIpc) is 3.58. The van der Waals surface area contributed by atoms with Crippen molar-refractivity contribution < 1.29 is 33.6 Å². The van der Waals surface area contributed by atoms with Gasteiger partial charge >= 0.3 is 0 Å². The fourth-order valence-electron chi connectivity index (χ4n) is 6.76. The minimum Gasteiger partial charge on any atom is -0.361 e. The van der Waals surface area contributed by atoms with Crippen LogP contribution in [0.5, 0.6) is 0 Å². The Morgan fingerprint density at radius 2 is 1.21 bits per heavy atom. The number of carbonyl (C=O) groups excluding carboxylic acids is 7. The second kappa shape index (κ2) is 20.4. The molecule has 308 valence electrons. The Morgan fingerprint density at radius 1 is 0.614 bits per heavy atom. The minimum absolute atomic E-state index is 0.0136. The summed E-state index contributed by atoms with van der Waals surface area (Å²) in [6.45, 7) is 12.1. The van der Waals surface area contributed by atoms with Crippen LogP contribution in [0.4, 0.5) is 0 Å². The van der Waals surface area contributed by atoms with E-state index in [1.807, 2.05) is 68.4 Å². The van der Waals surface area contributed by atoms with E-state index in [0.717, 1.165) is 22.0 Å². The molecule has 0 unspecified atom stereocenters. The number of hydrogen-bond donors (Lipinski definition) is 8. The maximum atomic E-state index is 14.2. The third kappa shape index (κ3) is 12.4. The van der Waals surface area contributed by atoms with Crippen molar-refractivity contribution in [3.63, 3.8) is 0 Å². The number of aromatic nitrogens is 1. The summed E-state index contributed by atoms with van der Waals surface area (Å²) in [6.07, 6.45) is 2.35. The van der Waals surface area contributed by atoms with Gasteiger partial charge in [0.1, 0.15) is 36.3 Å². The Hall–Kier alpha value is -5.73. The third-order valence-corrected chi connectivity index (χ3v) is 10.1. The molecule has 0 radical (unpaired) electrons. The molecule has 8 N–H and O–H groups in total. The van der Waals surface area contributed by atoms with Crippen LogP contribution in [-0.2, 0) is 40.0 Å². The highest BCUT2D eigenvalue weighted by molar-refractivity contribution is 5.97. The summed E-state index contributed by atoms with van der Waals surface area (Å²) in [5, 5.41) is 20.2.